The minimum atomic E-state index is -0.243. The molecule has 0 saturated heterocycles. The van der Waals surface area contributed by atoms with E-state index >= 15 is 0 Å². The third-order valence-corrected chi connectivity index (χ3v) is 4.40. The number of thiophene rings is 1. The number of carbonyl (C=O) groups excluding carboxylic acids is 1. The molecule has 3 rings (SSSR count). The van der Waals surface area contributed by atoms with Gasteiger partial charge in [-0.15, -0.1) is 11.3 Å². The van der Waals surface area contributed by atoms with Crippen molar-refractivity contribution in [2.45, 2.75) is 13.8 Å². The number of fused-ring (bicyclic) bond motifs is 1. The van der Waals surface area contributed by atoms with Gasteiger partial charge < -0.3 is 10.4 Å². The number of hydrogen-bond acceptors (Lipinski definition) is 3. The molecule has 1 heterocycles. The van der Waals surface area contributed by atoms with Crippen molar-refractivity contribution in [1.82, 2.24) is 5.32 Å². The Hall–Kier alpha value is -2.33. The summed E-state index contributed by atoms with van der Waals surface area (Å²) in [4.78, 5) is 12.0. The van der Waals surface area contributed by atoms with Crippen LogP contribution in [-0.4, -0.2) is 17.6 Å². The Balaban J connectivity index is 0.00000176. The summed E-state index contributed by atoms with van der Waals surface area (Å²) in [7, 11) is 0. The van der Waals surface area contributed by atoms with Crippen molar-refractivity contribution in [1.29, 1.82) is 0 Å². The van der Waals surface area contributed by atoms with Gasteiger partial charge in [-0.3, -0.25) is 4.79 Å². The van der Waals surface area contributed by atoms with Gasteiger partial charge in [0.05, 0.1) is 5.56 Å². The van der Waals surface area contributed by atoms with E-state index in [9.17, 15) is 9.90 Å². The quantitative estimate of drug-likeness (QED) is 0.758. The highest BCUT2D eigenvalue weighted by Gasteiger charge is 2.10. The van der Waals surface area contributed by atoms with Gasteiger partial charge in [-0.25, -0.2) is 0 Å². The van der Waals surface area contributed by atoms with Crippen molar-refractivity contribution in [3.63, 3.8) is 0 Å². The lowest BCUT2D eigenvalue weighted by molar-refractivity contribution is 0.0951. The third-order valence-electron chi connectivity index (χ3n) is 3.39. The molecule has 22 heavy (non-hydrogen) atoms. The largest absolute Gasteiger partial charge is 0.507 e. The molecule has 2 N–H and O–H groups in total. The monoisotopic (exact) mass is 313 g/mol. The third kappa shape index (κ3) is 3.28. The molecule has 0 bridgehead atoms. The second kappa shape index (κ2) is 7.09. The lowest BCUT2D eigenvalue weighted by Crippen LogP contribution is -2.25. The molecule has 0 aliphatic carbocycles. The van der Waals surface area contributed by atoms with Gasteiger partial charge in [-0.1, -0.05) is 37.8 Å². The van der Waals surface area contributed by atoms with E-state index < -0.39 is 0 Å². The van der Waals surface area contributed by atoms with Gasteiger partial charge in [0.2, 0.25) is 0 Å². The van der Waals surface area contributed by atoms with Crippen LogP contribution >= 0.6 is 11.3 Å². The summed E-state index contributed by atoms with van der Waals surface area (Å²) < 4.78 is 1.26. The first-order chi connectivity index (χ1) is 10.3. The Morgan fingerprint density at radius 3 is 2.64 bits per heavy atom. The van der Waals surface area contributed by atoms with Gasteiger partial charge in [0.1, 0.15) is 5.75 Å². The second-order valence-corrected chi connectivity index (χ2v) is 5.69. The van der Waals surface area contributed by atoms with E-state index in [-0.39, 0.29) is 19.1 Å². The van der Waals surface area contributed by atoms with Crippen molar-refractivity contribution in [3.05, 3.63) is 65.0 Å². The fraction of sp³-hybridized carbons (Fsp3) is 0.167. The zero-order valence-corrected chi connectivity index (χ0v) is 12.2. The molecule has 4 heteroatoms. The van der Waals surface area contributed by atoms with E-state index in [0.717, 1.165) is 6.42 Å². The van der Waals surface area contributed by atoms with E-state index in [1.807, 2.05) is 12.1 Å². The number of phenols is 1. The van der Waals surface area contributed by atoms with Gasteiger partial charge in [0, 0.05) is 11.2 Å². The number of para-hydroxylation sites is 1. The van der Waals surface area contributed by atoms with E-state index in [4.69, 9.17) is 0 Å². The molecule has 1 aromatic heterocycles. The average Bonchev–Trinajstić information content (AvgIpc) is 2.91. The SMILES string of the molecule is C.O=C(NCCc1csc2ccccc12)c1ccccc1O. The lowest BCUT2D eigenvalue weighted by atomic mass is 10.1. The summed E-state index contributed by atoms with van der Waals surface area (Å²) in [6.07, 6.45) is 0.781. The number of benzene rings is 2. The molecule has 0 aliphatic rings. The van der Waals surface area contributed by atoms with Crippen molar-refractivity contribution < 1.29 is 9.90 Å². The van der Waals surface area contributed by atoms with Crippen molar-refractivity contribution >= 4 is 27.3 Å². The normalized spacial score (nSPS) is 10.2. The standard InChI is InChI=1S/C17H15NO2S.CH4/c19-15-7-3-1-6-14(15)17(20)18-10-9-12-11-21-16-8-4-2-5-13(12)16;/h1-8,11,19H,9-10H2,(H,18,20);1H4. The first-order valence-electron chi connectivity index (χ1n) is 6.77. The molecule has 0 fully saturated rings. The summed E-state index contributed by atoms with van der Waals surface area (Å²) in [6.45, 7) is 0.549. The highest BCUT2D eigenvalue weighted by atomic mass is 32.1. The minimum Gasteiger partial charge on any atom is -0.507 e. The summed E-state index contributed by atoms with van der Waals surface area (Å²) in [5.74, 6) is -0.233. The summed E-state index contributed by atoms with van der Waals surface area (Å²) >= 11 is 1.72. The van der Waals surface area contributed by atoms with Crippen LogP contribution in [0, 0.1) is 0 Å². The zero-order chi connectivity index (χ0) is 14.7. The first kappa shape index (κ1) is 16.0. The average molecular weight is 313 g/mol. The molecule has 114 valence electrons. The molecule has 2 aromatic carbocycles. The van der Waals surface area contributed by atoms with E-state index in [2.05, 4.69) is 22.8 Å². The van der Waals surface area contributed by atoms with Gasteiger partial charge in [-0.05, 0) is 40.9 Å². The van der Waals surface area contributed by atoms with Crippen LogP contribution in [0.2, 0.25) is 0 Å². The predicted octanol–water partition coefficient (Wildman–Crippen LogP) is 4.22. The maximum atomic E-state index is 12.0. The molecule has 0 aliphatic heterocycles. The summed E-state index contributed by atoms with van der Waals surface area (Å²) in [6, 6.07) is 14.8. The van der Waals surface area contributed by atoms with Crippen LogP contribution in [0.5, 0.6) is 5.75 Å². The molecule has 0 radical (unpaired) electrons. The Bertz CT molecular complexity index is 779. The van der Waals surface area contributed by atoms with E-state index in [1.54, 1.807) is 29.5 Å². The summed E-state index contributed by atoms with van der Waals surface area (Å²) in [5, 5.41) is 15.9. The van der Waals surface area contributed by atoms with Crippen molar-refractivity contribution in [2.75, 3.05) is 6.54 Å². The van der Waals surface area contributed by atoms with Gasteiger partial charge in [0.15, 0.2) is 0 Å². The zero-order valence-electron chi connectivity index (χ0n) is 11.4. The Morgan fingerprint density at radius 1 is 1.09 bits per heavy atom. The molecule has 3 aromatic rings. The van der Waals surface area contributed by atoms with Gasteiger partial charge in [-0.2, -0.15) is 0 Å². The molecular weight excluding hydrogens is 294 g/mol. The van der Waals surface area contributed by atoms with Crippen LogP contribution in [-0.2, 0) is 6.42 Å². The highest BCUT2D eigenvalue weighted by molar-refractivity contribution is 7.17. The van der Waals surface area contributed by atoms with Crippen LogP contribution in [0.1, 0.15) is 23.3 Å². The van der Waals surface area contributed by atoms with Crippen molar-refractivity contribution in [2.24, 2.45) is 0 Å². The molecule has 1 amide bonds. The van der Waals surface area contributed by atoms with Gasteiger partial charge >= 0.3 is 0 Å². The van der Waals surface area contributed by atoms with E-state index in [1.165, 1.54) is 21.7 Å². The molecule has 0 saturated carbocycles. The van der Waals surface area contributed by atoms with Crippen LogP contribution in [0.3, 0.4) is 0 Å². The van der Waals surface area contributed by atoms with Crippen LogP contribution in [0.25, 0.3) is 10.1 Å². The number of rotatable bonds is 4. The number of nitrogens with one attached hydrogen (secondary N) is 1. The number of carbonyl (C=O) groups is 1. The Morgan fingerprint density at radius 2 is 1.82 bits per heavy atom. The fourth-order valence-electron chi connectivity index (χ4n) is 2.30. The number of aromatic hydroxyl groups is 1. The molecule has 0 unspecified atom stereocenters. The maximum absolute atomic E-state index is 12.0. The molecule has 3 nitrogen and oxygen atoms in total. The smallest absolute Gasteiger partial charge is 0.255 e. The van der Waals surface area contributed by atoms with Crippen LogP contribution < -0.4 is 5.32 Å². The second-order valence-electron chi connectivity index (χ2n) is 4.78. The summed E-state index contributed by atoms with van der Waals surface area (Å²) in [5.41, 5.74) is 1.56. The molecule has 0 spiro atoms. The molecule has 0 atom stereocenters. The predicted molar refractivity (Wildman–Crippen MR) is 92.7 cm³/mol. The Labute approximate surface area is 134 Å². The number of hydrogen-bond donors (Lipinski definition) is 2. The van der Waals surface area contributed by atoms with Crippen LogP contribution in [0.15, 0.2) is 53.9 Å². The highest BCUT2D eigenvalue weighted by Crippen LogP contribution is 2.25. The minimum absolute atomic E-state index is 0. The molecular formula is C18H19NO2S. The first-order valence-corrected chi connectivity index (χ1v) is 7.65. The van der Waals surface area contributed by atoms with Crippen LogP contribution in [0.4, 0.5) is 0 Å². The number of phenolic OH excluding ortho intramolecular Hbond substituents is 1. The van der Waals surface area contributed by atoms with Gasteiger partial charge in [0.25, 0.3) is 5.91 Å². The van der Waals surface area contributed by atoms with E-state index in [0.29, 0.717) is 12.1 Å². The maximum Gasteiger partial charge on any atom is 0.255 e. The lowest BCUT2D eigenvalue weighted by Gasteiger charge is -2.06. The number of amides is 1. The topological polar surface area (TPSA) is 49.3 Å². The fourth-order valence-corrected chi connectivity index (χ4v) is 3.30. The van der Waals surface area contributed by atoms with Crippen molar-refractivity contribution in [3.8, 4) is 5.75 Å². The Kier molecular flexibility index (Phi) is 5.17.